The average molecular weight is 190 g/mol. The Labute approximate surface area is 76.9 Å². The van der Waals surface area contributed by atoms with E-state index in [2.05, 4.69) is 10.1 Å². The zero-order valence-electron chi connectivity index (χ0n) is 6.91. The lowest BCUT2D eigenvalue weighted by atomic mass is 9.77. The predicted octanol–water partition coefficient (Wildman–Crippen LogP) is 1.14. The molecular formula is C7H12ClN3O. The minimum Gasteiger partial charge on any atom is -0.340 e. The number of aryl methyl sites for hydroxylation is 1. The van der Waals surface area contributed by atoms with E-state index in [4.69, 9.17) is 10.3 Å². The first kappa shape index (κ1) is 9.48. The molecule has 0 saturated heterocycles. The van der Waals surface area contributed by atoms with Crippen LogP contribution in [0.2, 0.25) is 0 Å². The lowest BCUT2D eigenvalue weighted by Gasteiger charge is -2.34. The second-order valence-electron chi connectivity index (χ2n) is 3.15. The van der Waals surface area contributed by atoms with Crippen molar-refractivity contribution in [3.8, 4) is 0 Å². The topological polar surface area (TPSA) is 64.9 Å². The molecule has 1 saturated carbocycles. The summed E-state index contributed by atoms with van der Waals surface area (Å²) < 4.78 is 4.85. The van der Waals surface area contributed by atoms with Gasteiger partial charge in [-0.3, -0.25) is 0 Å². The zero-order chi connectivity index (χ0) is 7.90. The number of nitrogens with zero attached hydrogens (tertiary/aromatic N) is 2. The maximum absolute atomic E-state index is 5.95. The summed E-state index contributed by atoms with van der Waals surface area (Å²) in [6, 6.07) is 0. The van der Waals surface area contributed by atoms with Crippen molar-refractivity contribution in [1.82, 2.24) is 10.1 Å². The third-order valence-corrected chi connectivity index (χ3v) is 2.22. The highest BCUT2D eigenvalue weighted by Gasteiger charge is 2.38. The van der Waals surface area contributed by atoms with Crippen LogP contribution >= 0.6 is 12.4 Å². The van der Waals surface area contributed by atoms with Gasteiger partial charge in [-0.15, -0.1) is 12.4 Å². The van der Waals surface area contributed by atoms with Crippen molar-refractivity contribution in [1.29, 1.82) is 0 Å². The molecule has 2 rings (SSSR count). The number of hydrogen-bond donors (Lipinski definition) is 1. The maximum atomic E-state index is 5.95. The number of hydrogen-bond acceptors (Lipinski definition) is 4. The molecule has 0 atom stereocenters. The van der Waals surface area contributed by atoms with Crippen molar-refractivity contribution in [3.05, 3.63) is 11.7 Å². The van der Waals surface area contributed by atoms with Gasteiger partial charge in [0, 0.05) is 6.92 Å². The van der Waals surface area contributed by atoms with Crippen LogP contribution in [0.15, 0.2) is 4.52 Å². The summed E-state index contributed by atoms with van der Waals surface area (Å²) in [4.78, 5) is 4.10. The van der Waals surface area contributed by atoms with Crippen molar-refractivity contribution in [3.63, 3.8) is 0 Å². The third-order valence-electron chi connectivity index (χ3n) is 2.22. The maximum Gasteiger partial charge on any atom is 0.223 e. The molecular weight excluding hydrogens is 178 g/mol. The first-order chi connectivity index (χ1) is 5.21. The molecule has 0 amide bonds. The van der Waals surface area contributed by atoms with E-state index in [1.807, 2.05) is 0 Å². The smallest absolute Gasteiger partial charge is 0.223 e. The van der Waals surface area contributed by atoms with Crippen LogP contribution in [0.25, 0.3) is 0 Å². The fraction of sp³-hybridized carbons (Fsp3) is 0.714. The van der Waals surface area contributed by atoms with Crippen LogP contribution in [0, 0.1) is 6.92 Å². The van der Waals surface area contributed by atoms with Crippen LogP contribution in [0.4, 0.5) is 0 Å². The Hall–Kier alpha value is -0.610. The minimum atomic E-state index is -0.280. The van der Waals surface area contributed by atoms with Gasteiger partial charge in [-0.25, -0.2) is 0 Å². The Morgan fingerprint density at radius 1 is 1.50 bits per heavy atom. The van der Waals surface area contributed by atoms with Gasteiger partial charge in [0.15, 0.2) is 5.82 Å². The Balaban J connectivity index is 0.000000720. The van der Waals surface area contributed by atoms with Crippen LogP contribution in [-0.2, 0) is 5.54 Å². The Morgan fingerprint density at radius 2 is 2.17 bits per heavy atom. The lowest BCUT2D eigenvalue weighted by Crippen LogP contribution is -2.44. The van der Waals surface area contributed by atoms with Gasteiger partial charge < -0.3 is 10.3 Å². The van der Waals surface area contributed by atoms with Crippen LogP contribution in [-0.4, -0.2) is 10.1 Å². The van der Waals surface area contributed by atoms with E-state index in [1.165, 1.54) is 6.42 Å². The normalized spacial score (nSPS) is 19.5. The molecule has 1 aliphatic carbocycles. The average Bonchev–Trinajstić information content (AvgIpc) is 2.31. The quantitative estimate of drug-likeness (QED) is 0.720. The van der Waals surface area contributed by atoms with Crippen LogP contribution in [0.5, 0.6) is 0 Å². The molecule has 1 aliphatic rings. The highest BCUT2D eigenvalue weighted by atomic mass is 35.5. The van der Waals surface area contributed by atoms with Gasteiger partial charge in [-0.2, -0.15) is 4.98 Å². The molecule has 0 aliphatic heterocycles. The molecule has 0 bridgehead atoms. The van der Waals surface area contributed by atoms with E-state index in [1.54, 1.807) is 6.92 Å². The number of aromatic nitrogens is 2. The number of halogens is 1. The molecule has 0 radical (unpaired) electrons. The van der Waals surface area contributed by atoms with Gasteiger partial charge in [-0.05, 0) is 19.3 Å². The Morgan fingerprint density at radius 3 is 2.50 bits per heavy atom. The number of nitrogens with two attached hydrogens (primary N) is 1. The SMILES string of the molecule is Cc1nc(C2(N)CCC2)no1.Cl. The van der Waals surface area contributed by atoms with Crippen molar-refractivity contribution in [2.75, 3.05) is 0 Å². The number of rotatable bonds is 1. The highest BCUT2D eigenvalue weighted by molar-refractivity contribution is 5.85. The Kier molecular flexibility index (Phi) is 2.39. The second kappa shape index (κ2) is 3.03. The molecule has 1 aromatic rings. The summed E-state index contributed by atoms with van der Waals surface area (Å²) in [5.41, 5.74) is 5.67. The predicted molar refractivity (Wildman–Crippen MR) is 46.0 cm³/mol. The van der Waals surface area contributed by atoms with E-state index < -0.39 is 0 Å². The van der Waals surface area contributed by atoms with Gasteiger partial charge in [0.2, 0.25) is 5.89 Å². The summed E-state index contributed by atoms with van der Waals surface area (Å²) in [5.74, 6) is 1.26. The van der Waals surface area contributed by atoms with Crippen molar-refractivity contribution >= 4 is 12.4 Å². The standard InChI is InChI=1S/C7H11N3O.ClH/c1-5-9-6(10-11-5)7(8)3-2-4-7;/h2-4,8H2,1H3;1H. The van der Waals surface area contributed by atoms with Crippen molar-refractivity contribution in [2.24, 2.45) is 5.73 Å². The third kappa shape index (κ3) is 1.32. The van der Waals surface area contributed by atoms with E-state index >= 15 is 0 Å². The largest absolute Gasteiger partial charge is 0.340 e. The lowest BCUT2D eigenvalue weighted by molar-refractivity contribution is 0.229. The molecule has 2 N–H and O–H groups in total. The summed E-state index contributed by atoms with van der Waals surface area (Å²) in [5, 5.41) is 3.80. The van der Waals surface area contributed by atoms with E-state index in [0.717, 1.165) is 12.8 Å². The van der Waals surface area contributed by atoms with Crippen molar-refractivity contribution < 1.29 is 4.52 Å². The highest BCUT2D eigenvalue weighted by Crippen LogP contribution is 2.36. The summed E-state index contributed by atoms with van der Waals surface area (Å²) in [6.45, 7) is 1.78. The molecule has 68 valence electrons. The molecule has 0 aromatic carbocycles. The molecule has 0 spiro atoms. The zero-order valence-corrected chi connectivity index (χ0v) is 7.73. The Bertz CT molecular complexity index is 269. The summed E-state index contributed by atoms with van der Waals surface area (Å²) >= 11 is 0. The van der Waals surface area contributed by atoms with E-state index in [0.29, 0.717) is 11.7 Å². The van der Waals surface area contributed by atoms with Crippen LogP contribution in [0.1, 0.15) is 31.0 Å². The second-order valence-corrected chi connectivity index (χ2v) is 3.15. The summed E-state index contributed by atoms with van der Waals surface area (Å²) in [7, 11) is 0. The van der Waals surface area contributed by atoms with E-state index in [-0.39, 0.29) is 17.9 Å². The molecule has 1 heterocycles. The first-order valence-corrected chi connectivity index (χ1v) is 3.80. The molecule has 4 nitrogen and oxygen atoms in total. The monoisotopic (exact) mass is 189 g/mol. The fourth-order valence-corrected chi connectivity index (χ4v) is 1.28. The molecule has 0 unspecified atom stereocenters. The molecule has 1 aromatic heterocycles. The molecule has 5 heteroatoms. The van der Waals surface area contributed by atoms with Gasteiger partial charge in [0.25, 0.3) is 0 Å². The van der Waals surface area contributed by atoms with Crippen molar-refractivity contribution in [2.45, 2.75) is 31.7 Å². The summed E-state index contributed by atoms with van der Waals surface area (Å²) in [6.07, 6.45) is 3.13. The fourth-order valence-electron chi connectivity index (χ4n) is 1.28. The van der Waals surface area contributed by atoms with Gasteiger partial charge in [0.1, 0.15) is 0 Å². The van der Waals surface area contributed by atoms with Gasteiger partial charge in [-0.1, -0.05) is 5.16 Å². The molecule has 12 heavy (non-hydrogen) atoms. The van der Waals surface area contributed by atoms with Gasteiger partial charge in [0.05, 0.1) is 5.54 Å². The first-order valence-electron chi connectivity index (χ1n) is 3.80. The molecule has 1 fully saturated rings. The minimum absolute atomic E-state index is 0. The van der Waals surface area contributed by atoms with Crippen LogP contribution in [0.3, 0.4) is 0 Å². The van der Waals surface area contributed by atoms with E-state index in [9.17, 15) is 0 Å². The van der Waals surface area contributed by atoms with Gasteiger partial charge >= 0.3 is 0 Å². The van der Waals surface area contributed by atoms with Crippen LogP contribution < -0.4 is 5.73 Å².